The summed E-state index contributed by atoms with van der Waals surface area (Å²) in [7, 11) is 0. The molecule has 3 atom stereocenters. The second kappa shape index (κ2) is 5.62. The van der Waals surface area contributed by atoms with Gasteiger partial charge in [-0.25, -0.2) is 0 Å². The molecule has 1 aromatic heterocycles. The molecule has 3 aliphatic rings. The Morgan fingerprint density at radius 1 is 1.41 bits per heavy atom. The van der Waals surface area contributed by atoms with E-state index in [0.29, 0.717) is 17.9 Å². The molecule has 120 valence electrons. The van der Waals surface area contributed by atoms with E-state index in [1.165, 1.54) is 5.56 Å². The fraction of sp³-hybridized carbons (Fsp3) is 0.706. The summed E-state index contributed by atoms with van der Waals surface area (Å²) >= 11 is 1.69. The van der Waals surface area contributed by atoms with E-state index in [-0.39, 0.29) is 18.1 Å². The molecule has 1 spiro atoms. The molecular formula is C17H24N2O2S. The van der Waals surface area contributed by atoms with Crippen LogP contribution in [0.25, 0.3) is 0 Å². The second-order valence-electron chi connectivity index (χ2n) is 7.10. The fourth-order valence-electron chi connectivity index (χ4n) is 4.17. The largest absolute Gasteiger partial charge is 0.367 e. The van der Waals surface area contributed by atoms with E-state index in [0.717, 1.165) is 38.9 Å². The molecular weight excluding hydrogens is 296 g/mol. The number of amides is 1. The van der Waals surface area contributed by atoms with Gasteiger partial charge < -0.3 is 15.0 Å². The summed E-state index contributed by atoms with van der Waals surface area (Å²) in [5.74, 6) is 0.639. The van der Waals surface area contributed by atoms with Gasteiger partial charge in [0.25, 0.3) is 0 Å². The summed E-state index contributed by atoms with van der Waals surface area (Å²) < 4.78 is 6.05. The second-order valence-corrected chi connectivity index (χ2v) is 7.88. The molecule has 1 saturated carbocycles. The Morgan fingerprint density at radius 2 is 2.23 bits per heavy atom. The Bertz CT molecular complexity index is 539. The molecule has 1 aromatic rings. The molecule has 0 radical (unpaired) electrons. The molecule has 22 heavy (non-hydrogen) atoms. The molecule has 4 nitrogen and oxygen atoms in total. The van der Waals surface area contributed by atoms with Crippen LogP contribution in [-0.4, -0.2) is 43.1 Å². The quantitative estimate of drug-likeness (QED) is 0.910. The Kier molecular flexibility index (Phi) is 3.75. The number of rotatable bonds is 2. The van der Waals surface area contributed by atoms with Crippen molar-refractivity contribution in [3.63, 3.8) is 0 Å². The van der Waals surface area contributed by atoms with Crippen LogP contribution in [0.2, 0.25) is 0 Å². The van der Waals surface area contributed by atoms with Gasteiger partial charge in [-0.15, -0.1) is 0 Å². The van der Waals surface area contributed by atoms with Crippen LogP contribution in [0.3, 0.4) is 0 Å². The lowest BCUT2D eigenvalue weighted by Crippen LogP contribution is -2.47. The zero-order valence-electron chi connectivity index (χ0n) is 13.1. The van der Waals surface area contributed by atoms with Crippen LogP contribution in [0.5, 0.6) is 0 Å². The molecule has 1 amide bonds. The van der Waals surface area contributed by atoms with E-state index in [4.69, 9.17) is 4.74 Å². The van der Waals surface area contributed by atoms with E-state index in [1.54, 1.807) is 11.3 Å². The summed E-state index contributed by atoms with van der Waals surface area (Å²) in [4.78, 5) is 15.0. The van der Waals surface area contributed by atoms with Gasteiger partial charge >= 0.3 is 0 Å². The van der Waals surface area contributed by atoms with Gasteiger partial charge in [-0.05, 0) is 67.1 Å². The lowest BCUT2D eigenvalue weighted by Gasteiger charge is -2.37. The van der Waals surface area contributed by atoms with Crippen molar-refractivity contribution in [1.82, 2.24) is 10.2 Å². The van der Waals surface area contributed by atoms with E-state index in [1.807, 2.05) is 0 Å². The average molecular weight is 320 g/mol. The standard InChI is InChI=1S/C17H24N2O2S/c1-12-9-19(10-15(21-12)13-2-7-22-11-13)16(20)14-8-17(14)3-5-18-6-4-17/h2,7,11-12,14-15,18H,3-6,8-10H2,1H3. The topological polar surface area (TPSA) is 41.6 Å². The number of morpholine rings is 1. The highest BCUT2D eigenvalue weighted by Gasteiger charge is 2.58. The molecule has 3 unspecified atom stereocenters. The molecule has 5 heteroatoms. The number of nitrogens with zero attached hydrogens (tertiary/aromatic N) is 1. The van der Waals surface area contributed by atoms with Crippen molar-refractivity contribution in [2.24, 2.45) is 11.3 Å². The van der Waals surface area contributed by atoms with Gasteiger partial charge in [0, 0.05) is 12.5 Å². The van der Waals surface area contributed by atoms with Crippen molar-refractivity contribution in [2.45, 2.75) is 38.4 Å². The van der Waals surface area contributed by atoms with Gasteiger partial charge in [-0.2, -0.15) is 11.3 Å². The van der Waals surface area contributed by atoms with Crippen molar-refractivity contribution >= 4 is 17.2 Å². The minimum absolute atomic E-state index is 0.0432. The molecule has 0 bridgehead atoms. The average Bonchev–Trinajstić information content (AvgIpc) is 2.98. The number of carbonyl (C=O) groups excluding carboxylic acids is 1. The van der Waals surface area contributed by atoms with Crippen LogP contribution in [0, 0.1) is 11.3 Å². The number of ether oxygens (including phenoxy) is 1. The summed E-state index contributed by atoms with van der Waals surface area (Å²) in [5.41, 5.74) is 1.53. The lowest BCUT2D eigenvalue weighted by molar-refractivity contribution is -0.147. The summed E-state index contributed by atoms with van der Waals surface area (Å²) in [5, 5.41) is 7.62. The highest BCUT2D eigenvalue weighted by Crippen LogP contribution is 2.59. The van der Waals surface area contributed by atoms with Crippen LogP contribution < -0.4 is 5.32 Å². The summed E-state index contributed by atoms with van der Waals surface area (Å²) in [6, 6.07) is 2.11. The smallest absolute Gasteiger partial charge is 0.226 e. The van der Waals surface area contributed by atoms with Crippen molar-refractivity contribution in [3.05, 3.63) is 22.4 Å². The monoisotopic (exact) mass is 320 g/mol. The zero-order chi connectivity index (χ0) is 15.2. The van der Waals surface area contributed by atoms with Gasteiger partial charge in [0.2, 0.25) is 5.91 Å². The number of thiophene rings is 1. The van der Waals surface area contributed by atoms with Crippen LogP contribution in [-0.2, 0) is 9.53 Å². The molecule has 4 rings (SSSR count). The lowest BCUT2D eigenvalue weighted by atomic mass is 9.91. The van der Waals surface area contributed by atoms with Crippen LogP contribution in [0.15, 0.2) is 16.8 Å². The molecule has 3 fully saturated rings. The first kappa shape index (κ1) is 14.7. The van der Waals surface area contributed by atoms with Crippen LogP contribution in [0.4, 0.5) is 0 Å². The maximum absolute atomic E-state index is 12.9. The first-order chi connectivity index (χ1) is 10.7. The Labute approximate surface area is 135 Å². The molecule has 1 aliphatic carbocycles. The van der Waals surface area contributed by atoms with E-state index in [2.05, 4.69) is 34.0 Å². The van der Waals surface area contributed by atoms with Crippen molar-refractivity contribution in [2.75, 3.05) is 26.2 Å². The minimum atomic E-state index is 0.0432. The third-order valence-electron chi connectivity index (χ3n) is 5.57. The van der Waals surface area contributed by atoms with Crippen molar-refractivity contribution in [3.8, 4) is 0 Å². The predicted molar refractivity (Wildman–Crippen MR) is 86.8 cm³/mol. The normalized spacial score (nSPS) is 33.9. The molecule has 3 heterocycles. The first-order valence-corrected chi connectivity index (χ1v) is 9.29. The number of piperidine rings is 1. The third kappa shape index (κ3) is 2.59. The SMILES string of the molecule is CC1CN(C(=O)C2CC23CCNCC3)CC(c2ccsc2)O1. The van der Waals surface area contributed by atoms with Gasteiger partial charge in [0.1, 0.15) is 6.10 Å². The summed E-state index contributed by atoms with van der Waals surface area (Å²) in [6.07, 6.45) is 3.59. The summed E-state index contributed by atoms with van der Waals surface area (Å²) in [6.45, 7) is 5.67. The van der Waals surface area contributed by atoms with Gasteiger partial charge in [0.05, 0.1) is 12.6 Å². The minimum Gasteiger partial charge on any atom is -0.367 e. The maximum Gasteiger partial charge on any atom is 0.226 e. The number of carbonyl (C=O) groups is 1. The van der Waals surface area contributed by atoms with Crippen molar-refractivity contribution in [1.29, 1.82) is 0 Å². The Hall–Kier alpha value is -0.910. The molecule has 2 aliphatic heterocycles. The number of nitrogens with one attached hydrogen (secondary N) is 1. The van der Waals surface area contributed by atoms with Crippen LogP contribution in [0.1, 0.15) is 37.9 Å². The van der Waals surface area contributed by atoms with Gasteiger partial charge in [0.15, 0.2) is 0 Å². The molecule has 2 saturated heterocycles. The van der Waals surface area contributed by atoms with E-state index in [9.17, 15) is 4.79 Å². The van der Waals surface area contributed by atoms with Crippen LogP contribution >= 0.6 is 11.3 Å². The fourth-order valence-corrected chi connectivity index (χ4v) is 4.87. The number of hydrogen-bond acceptors (Lipinski definition) is 4. The maximum atomic E-state index is 12.9. The first-order valence-electron chi connectivity index (χ1n) is 8.35. The highest BCUT2D eigenvalue weighted by molar-refractivity contribution is 7.07. The van der Waals surface area contributed by atoms with Gasteiger partial charge in [-0.3, -0.25) is 4.79 Å². The molecule has 0 aromatic carbocycles. The highest BCUT2D eigenvalue weighted by atomic mass is 32.1. The van der Waals surface area contributed by atoms with E-state index < -0.39 is 0 Å². The predicted octanol–water partition coefficient (Wildman–Crippen LogP) is 2.43. The van der Waals surface area contributed by atoms with E-state index >= 15 is 0 Å². The Morgan fingerprint density at radius 3 is 2.95 bits per heavy atom. The molecule has 1 N–H and O–H groups in total. The zero-order valence-corrected chi connectivity index (χ0v) is 13.9. The van der Waals surface area contributed by atoms with Crippen molar-refractivity contribution < 1.29 is 9.53 Å². The Balaban J connectivity index is 1.44. The van der Waals surface area contributed by atoms with Gasteiger partial charge in [-0.1, -0.05) is 0 Å². The number of hydrogen-bond donors (Lipinski definition) is 1. The third-order valence-corrected chi connectivity index (χ3v) is 6.28.